The van der Waals surface area contributed by atoms with Crippen molar-refractivity contribution >= 4 is 28.1 Å². The number of para-hydroxylation sites is 1. The lowest BCUT2D eigenvalue weighted by molar-refractivity contribution is 0.122. The maximum atomic E-state index is 5.42. The van der Waals surface area contributed by atoms with E-state index in [2.05, 4.69) is 56.7 Å². The SMILES string of the molecule is c1ccc2c(c1)cnn2-c1ccnc(Nc2ccc(N3CCOCC3)cc2)c1. The van der Waals surface area contributed by atoms with Gasteiger partial charge in [-0.2, -0.15) is 5.10 Å². The maximum Gasteiger partial charge on any atom is 0.132 e. The van der Waals surface area contributed by atoms with Gasteiger partial charge in [0, 0.05) is 42.1 Å². The molecule has 2 aromatic carbocycles. The molecule has 1 N–H and O–H groups in total. The zero-order valence-corrected chi connectivity index (χ0v) is 15.5. The highest BCUT2D eigenvalue weighted by molar-refractivity contribution is 5.80. The summed E-state index contributed by atoms with van der Waals surface area (Å²) in [4.78, 5) is 6.80. The monoisotopic (exact) mass is 371 g/mol. The summed E-state index contributed by atoms with van der Waals surface area (Å²) in [6.45, 7) is 3.46. The van der Waals surface area contributed by atoms with Crippen molar-refractivity contribution in [3.05, 3.63) is 73.1 Å². The average molecular weight is 371 g/mol. The summed E-state index contributed by atoms with van der Waals surface area (Å²) in [5, 5.41) is 9.03. The van der Waals surface area contributed by atoms with Crippen LogP contribution in [0.25, 0.3) is 16.6 Å². The van der Waals surface area contributed by atoms with Gasteiger partial charge in [-0.3, -0.25) is 0 Å². The Kier molecular flexibility index (Phi) is 4.39. The van der Waals surface area contributed by atoms with Gasteiger partial charge in [-0.25, -0.2) is 9.67 Å². The van der Waals surface area contributed by atoms with Crippen LogP contribution < -0.4 is 10.2 Å². The molecule has 0 radical (unpaired) electrons. The molecule has 6 nitrogen and oxygen atoms in total. The van der Waals surface area contributed by atoms with Crippen LogP contribution in [0.1, 0.15) is 0 Å². The number of ether oxygens (including phenoxy) is 1. The molecule has 140 valence electrons. The van der Waals surface area contributed by atoms with Crippen molar-refractivity contribution in [2.45, 2.75) is 0 Å². The van der Waals surface area contributed by atoms with Gasteiger partial charge < -0.3 is 15.0 Å². The van der Waals surface area contributed by atoms with Crippen molar-refractivity contribution in [2.24, 2.45) is 0 Å². The first kappa shape index (κ1) is 16.8. The van der Waals surface area contributed by atoms with Crippen molar-refractivity contribution < 1.29 is 4.74 Å². The van der Waals surface area contributed by atoms with Crippen LogP contribution in [0.4, 0.5) is 17.2 Å². The molecule has 0 aliphatic carbocycles. The Morgan fingerprint density at radius 3 is 2.57 bits per heavy atom. The van der Waals surface area contributed by atoms with Crippen LogP contribution in [0.3, 0.4) is 0 Å². The third-order valence-electron chi connectivity index (χ3n) is 4.98. The minimum Gasteiger partial charge on any atom is -0.378 e. The van der Waals surface area contributed by atoms with E-state index in [9.17, 15) is 0 Å². The fraction of sp³-hybridized carbons (Fsp3) is 0.182. The number of hydrogen-bond donors (Lipinski definition) is 1. The summed E-state index contributed by atoms with van der Waals surface area (Å²) in [6, 6.07) is 20.6. The number of hydrogen-bond acceptors (Lipinski definition) is 5. The van der Waals surface area contributed by atoms with E-state index < -0.39 is 0 Å². The summed E-state index contributed by atoms with van der Waals surface area (Å²) in [7, 11) is 0. The lowest BCUT2D eigenvalue weighted by atomic mass is 10.2. The van der Waals surface area contributed by atoms with E-state index in [1.807, 2.05) is 35.1 Å². The molecule has 5 rings (SSSR count). The van der Waals surface area contributed by atoms with Gasteiger partial charge >= 0.3 is 0 Å². The molecule has 1 aliphatic heterocycles. The minimum absolute atomic E-state index is 0.788. The predicted octanol–water partition coefficient (Wildman–Crippen LogP) is 4.00. The van der Waals surface area contributed by atoms with E-state index >= 15 is 0 Å². The summed E-state index contributed by atoms with van der Waals surface area (Å²) >= 11 is 0. The summed E-state index contributed by atoms with van der Waals surface area (Å²) in [6.07, 6.45) is 3.68. The fourth-order valence-electron chi connectivity index (χ4n) is 3.52. The van der Waals surface area contributed by atoms with Crippen molar-refractivity contribution in [3.8, 4) is 5.69 Å². The number of aromatic nitrogens is 3. The lowest BCUT2D eigenvalue weighted by Gasteiger charge is -2.28. The molecule has 2 aromatic heterocycles. The first-order valence-corrected chi connectivity index (χ1v) is 9.46. The van der Waals surface area contributed by atoms with Gasteiger partial charge in [-0.1, -0.05) is 18.2 Å². The van der Waals surface area contributed by atoms with E-state index in [1.54, 1.807) is 6.20 Å². The van der Waals surface area contributed by atoms with E-state index in [4.69, 9.17) is 4.74 Å². The number of pyridine rings is 1. The van der Waals surface area contributed by atoms with Crippen LogP contribution in [-0.2, 0) is 4.74 Å². The smallest absolute Gasteiger partial charge is 0.132 e. The van der Waals surface area contributed by atoms with E-state index in [1.165, 1.54) is 5.69 Å². The second-order valence-electron chi connectivity index (χ2n) is 6.79. The zero-order valence-electron chi connectivity index (χ0n) is 15.5. The van der Waals surface area contributed by atoms with Crippen LogP contribution in [0.2, 0.25) is 0 Å². The van der Waals surface area contributed by atoms with Crippen LogP contribution in [0.5, 0.6) is 0 Å². The summed E-state index contributed by atoms with van der Waals surface area (Å²) in [5.74, 6) is 0.788. The molecule has 0 amide bonds. The van der Waals surface area contributed by atoms with Gasteiger partial charge in [0.15, 0.2) is 0 Å². The van der Waals surface area contributed by atoms with Gasteiger partial charge in [-0.05, 0) is 36.4 Å². The van der Waals surface area contributed by atoms with Gasteiger partial charge in [0.1, 0.15) is 5.82 Å². The van der Waals surface area contributed by atoms with Crippen LogP contribution >= 0.6 is 0 Å². The normalized spacial score (nSPS) is 14.4. The molecule has 28 heavy (non-hydrogen) atoms. The molecule has 0 spiro atoms. The topological polar surface area (TPSA) is 55.2 Å². The van der Waals surface area contributed by atoms with E-state index in [0.717, 1.165) is 54.4 Å². The number of anilines is 3. The van der Waals surface area contributed by atoms with Crippen LogP contribution in [-0.4, -0.2) is 41.1 Å². The first-order valence-electron chi connectivity index (χ1n) is 9.46. The Bertz CT molecular complexity index is 1080. The van der Waals surface area contributed by atoms with Gasteiger partial charge in [0.25, 0.3) is 0 Å². The fourth-order valence-corrected chi connectivity index (χ4v) is 3.52. The Labute approximate surface area is 163 Å². The molecule has 0 atom stereocenters. The number of fused-ring (bicyclic) bond motifs is 1. The molecule has 0 saturated carbocycles. The molecule has 0 unspecified atom stereocenters. The van der Waals surface area contributed by atoms with Crippen molar-refractivity contribution in [1.82, 2.24) is 14.8 Å². The van der Waals surface area contributed by atoms with E-state index in [0.29, 0.717) is 0 Å². The van der Waals surface area contributed by atoms with Crippen LogP contribution in [0, 0.1) is 0 Å². The third kappa shape index (κ3) is 3.30. The molecule has 0 bridgehead atoms. The summed E-state index contributed by atoms with van der Waals surface area (Å²) < 4.78 is 7.36. The number of benzene rings is 2. The Hall–Kier alpha value is -3.38. The molecular formula is C22H21N5O. The minimum atomic E-state index is 0.788. The Balaban J connectivity index is 1.37. The standard InChI is InChI=1S/C22H21N5O/c1-2-4-21-17(3-1)16-24-27(21)20-9-10-23-22(15-20)25-18-5-7-19(8-6-18)26-11-13-28-14-12-26/h1-10,15-16H,11-14H2,(H,23,25). The number of nitrogens with zero attached hydrogens (tertiary/aromatic N) is 4. The Morgan fingerprint density at radius 1 is 0.893 bits per heavy atom. The molecule has 1 aliphatic rings. The molecule has 1 fully saturated rings. The molecule has 4 aromatic rings. The van der Waals surface area contributed by atoms with Gasteiger partial charge in [0.2, 0.25) is 0 Å². The maximum absolute atomic E-state index is 5.42. The number of rotatable bonds is 4. The highest BCUT2D eigenvalue weighted by Gasteiger charge is 2.11. The highest BCUT2D eigenvalue weighted by atomic mass is 16.5. The number of nitrogens with one attached hydrogen (secondary N) is 1. The molecule has 6 heteroatoms. The second-order valence-corrected chi connectivity index (χ2v) is 6.79. The van der Waals surface area contributed by atoms with Crippen molar-refractivity contribution in [1.29, 1.82) is 0 Å². The number of morpholine rings is 1. The predicted molar refractivity (Wildman–Crippen MR) is 112 cm³/mol. The Morgan fingerprint density at radius 2 is 1.71 bits per heavy atom. The average Bonchev–Trinajstić information content (AvgIpc) is 3.19. The third-order valence-corrected chi connectivity index (χ3v) is 4.98. The van der Waals surface area contributed by atoms with Crippen molar-refractivity contribution in [2.75, 3.05) is 36.5 Å². The largest absolute Gasteiger partial charge is 0.378 e. The molecule has 1 saturated heterocycles. The molecule has 3 heterocycles. The van der Waals surface area contributed by atoms with E-state index in [-0.39, 0.29) is 0 Å². The van der Waals surface area contributed by atoms with Gasteiger partial charge in [-0.15, -0.1) is 0 Å². The summed E-state index contributed by atoms with van der Waals surface area (Å²) in [5.41, 5.74) is 4.28. The first-order chi connectivity index (χ1) is 13.9. The molecular weight excluding hydrogens is 350 g/mol. The van der Waals surface area contributed by atoms with Gasteiger partial charge in [0.05, 0.1) is 30.6 Å². The lowest BCUT2D eigenvalue weighted by Crippen LogP contribution is -2.36. The second kappa shape index (κ2) is 7.32. The zero-order chi connectivity index (χ0) is 18.8. The quantitative estimate of drug-likeness (QED) is 0.588. The van der Waals surface area contributed by atoms with Crippen LogP contribution in [0.15, 0.2) is 73.1 Å². The van der Waals surface area contributed by atoms with Crippen molar-refractivity contribution in [3.63, 3.8) is 0 Å². The highest BCUT2D eigenvalue weighted by Crippen LogP contribution is 2.23.